The Kier molecular flexibility index (Phi) is 24.2. The van der Waals surface area contributed by atoms with Gasteiger partial charge in [-0.3, -0.25) is 9.59 Å². The molecule has 0 N–H and O–H groups in total. The zero-order valence-electron chi connectivity index (χ0n) is 36.0. The van der Waals surface area contributed by atoms with Crippen molar-refractivity contribution in [3.8, 4) is 0 Å². The van der Waals surface area contributed by atoms with Gasteiger partial charge in [0.2, 0.25) is 0 Å². The number of thiophene rings is 2. The lowest BCUT2D eigenvalue weighted by molar-refractivity contribution is -0.124. The van der Waals surface area contributed by atoms with Crippen molar-refractivity contribution in [1.29, 1.82) is 0 Å². The zero-order chi connectivity index (χ0) is 39.5. The molecule has 2 aliphatic heterocycles. The summed E-state index contributed by atoms with van der Waals surface area (Å²) in [4.78, 5) is 34.7. The second-order valence-corrected chi connectivity index (χ2v) is 18.8. The van der Waals surface area contributed by atoms with Crippen LogP contribution in [0, 0.1) is 0 Å². The number of rotatable bonds is 36. The first-order valence-electron chi connectivity index (χ1n) is 23.9. The molecule has 4 heterocycles. The van der Waals surface area contributed by atoms with Crippen molar-refractivity contribution in [2.24, 2.45) is 0 Å². The average Bonchev–Trinajstić information content (AvgIpc) is 4.03. The van der Waals surface area contributed by atoms with Crippen molar-refractivity contribution in [2.45, 2.75) is 219 Å². The van der Waals surface area contributed by atoms with E-state index in [1.807, 2.05) is 21.9 Å². The third kappa shape index (κ3) is 15.9. The van der Waals surface area contributed by atoms with Gasteiger partial charge in [0.05, 0.1) is 32.3 Å². The molecule has 6 heteroatoms. The molecule has 56 heavy (non-hydrogen) atoms. The Bertz CT molecular complexity index is 1290. The van der Waals surface area contributed by atoms with Crippen molar-refractivity contribution in [3.05, 3.63) is 55.9 Å². The van der Waals surface area contributed by atoms with Crippen LogP contribution < -0.4 is 0 Å². The van der Waals surface area contributed by atoms with Crippen LogP contribution in [0.15, 0.2) is 46.2 Å². The number of carbonyl (C=O) groups is 2. The van der Waals surface area contributed by atoms with Crippen molar-refractivity contribution in [3.63, 3.8) is 0 Å². The van der Waals surface area contributed by atoms with Crippen molar-refractivity contribution < 1.29 is 9.59 Å². The third-order valence-corrected chi connectivity index (χ3v) is 13.9. The van der Waals surface area contributed by atoms with Gasteiger partial charge in [-0.25, -0.2) is 0 Å². The number of fused-ring (bicyclic) bond motifs is 1. The molecule has 4 nitrogen and oxygen atoms in total. The molecule has 314 valence electrons. The minimum atomic E-state index is 0.0237. The molecule has 0 bridgehead atoms. The minimum absolute atomic E-state index is 0.0237. The van der Waals surface area contributed by atoms with E-state index < -0.39 is 0 Å². The van der Waals surface area contributed by atoms with Crippen LogP contribution in [0.25, 0.3) is 11.4 Å². The molecule has 4 rings (SSSR count). The van der Waals surface area contributed by atoms with Gasteiger partial charge in [-0.05, 0) is 35.7 Å². The Morgan fingerprint density at radius 1 is 0.375 bits per heavy atom. The standard InChI is InChI=1S/C50H80N2O2S2/c1-3-5-7-9-11-13-15-17-19-21-23-25-27-29-31-33-39-51-47(43-37-35-41-55-43)45-46(49(51)53)48(44-38-36-42-56-44)52(50(45)54)40-34-32-30-28-26-24-22-20-18-16-14-12-10-8-6-4-2/h35-38,41-42H,3-34,39-40H2,1-2H3. The number of hydrogen-bond acceptors (Lipinski definition) is 4. The number of hydrogen-bond donors (Lipinski definition) is 0. The average molecular weight is 805 g/mol. The summed E-state index contributed by atoms with van der Waals surface area (Å²) in [6.45, 7) is 5.94. The SMILES string of the molecule is CCCCCCCCCCCCCCCCCCN1C(=O)C2=C(c3cccs3)N(CCCCCCCCCCCCCCCCCC)C(=O)C2=C1c1cccs1. The highest BCUT2D eigenvalue weighted by Crippen LogP contribution is 2.48. The van der Waals surface area contributed by atoms with Gasteiger partial charge in [0.25, 0.3) is 11.8 Å². The Morgan fingerprint density at radius 3 is 0.857 bits per heavy atom. The van der Waals surface area contributed by atoms with Crippen LogP contribution >= 0.6 is 22.7 Å². The highest BCUT2D eigenvalue weighted by molar-refractivity contribution is 7.11. The third-order valence-electron chi connectivity index (χ3n) is 12.2. The maximum absolute atomic E-state index is 14.4. The molecular formula is C50H80N2O2S2. The maximum Gasteiger partial charge on any atom is 0.261 e. The van der Waals surface area contributed by atoms with Gasteiger partial charge in [0.15, 0.2) is 0 Å². The van der Waals surface area contributed by atoms with Gasteiger partial charge in [0.1, 0.15) is 0 Å². The Balaban J connectivity index is 1.17. The molecule has 0 aromatic carbocycles. The van der Waals surface area contributed by atoms with Crippen LogP contribution in [-0.2, 0) is 9.59 Å². The molecule has 0 atom stereocenters. The summed E-state index contributed by atoms with van der Waals surface area (Å²) in [6.07, 6.45) is 42.6. The molecule has 2 aromatic rings. The lowest BCUT2D eigenvalue weighted by atomic mass is 10.0. The Morgan fingerprint density at radius 2 is 0.625 bits per heavy atom. The maximum atomic E-state index is 14.4. The second-order valence-electron chi connectivity index (χ2n) is 16.9. The van der Waals surface area contributed by atoms with Gasteiger partial charge in [0, 0.05) is 13.1 Å². The Labute approximate surface area is 352 Å². The first kappa shape index (κ1) is 46.5. The van der Waals surface area contributed by atoms with E-state index in [9.17, 15) is 9.59 Å². The molecular weight excluding hydrogens is 725 g/mol. The summed E-state index contributed by atoms with van der Waals surface area (Å²) in [5.41, 5.74) is 3.01. The molecule has 0 saturated heterocycles. The zero-order valence-corrected chi connectivity index (χ0v) is 37.7. The van der Waals surface area contributed by atoms with E-state index in [1.54, 1.807) is 22.7 Å². The number of unbranched alkanes of at least 4 members (excludes halogenated alkanes) is 30. The van der Waals surface area contributed by atoms with E-state index in [-0.39, 0.29) is 11.8 Å². The molecule has 0 aliphatic carbocycles. The lowest BCUT2D eigenvalue weighted by Gasteiger charge is -2.24. The normalized spacial score (nSPS) is 14.4. The van der Waals surface area contributed by atoms with Gasteiger partial charge in [-0.1, -0.05) is 219 Å². The van der Waals surface area contributed by atoms with Crippen LogP contribution in [0.1, 0.15) is 229 Å². The van der Waals surface area contributed by atoms with Crippen LogP contribution in [-0.4, -0.2) is 34.7 Å². The molecule has 2 aliphatic rings. The largest absolute Gasteiger partial charge is 0.306 e. The number of carbonyl (C=O) groups excluding carboxylic acids is 2. The van der Waals surface area contributed by atoms with E-state index in [0.29, 0.717) is 24.2 Å². The van der Waals surface area contributed by atoms with Crippen LogP contribution in [0.3, 0.4) is 0 Å². The van der Waals surface area contributed by atoms with E-state index in [2.05, 4.69) is 36.7 Å². The highest BCUT2D eigenvalue weighted by Gasteiger charge is 2.48. The van der Waals surface area contributed by atoms with Crippen LogP contribution in [0.4, 0.5) is 0 Å². The summed E-state index contributed by atoms with van der Waals surface area (Å²) < 4.78 is 0. The van der Waals surface area contributed by atoms with Crippen LogP contribution in [0.5, 0.6) is 0 Å². The van der Waals surface area contributed by atoms with E-state index >= 15 is 0 Å². The molecule has 0 radical (unpaired) electrons. The van der Waals surface area contributed by atoms with Gasteiger partial charge in [-0.15, -0.1) is 22.7 Å². The molecule has 0 unspecified atom stereocenters. The summed E-state index contributed by atoms with van der Waals surface area (Å²) >= 11 is 3.28. The quantitative estimate of drug-likeness (QED) is 0.0644. The van der Waals surface area contributed by atoms with Crippen molar-refractivity contribution >= 4 is 45.9 Å². The van der Waals surface area contributed by atoms with Gasteiger partial charge < -0.3 is 9.80 Å². The van der Waals surface area contributed by atoms with Gasteiger partial charge in [-0.2, -0.15) is 0 Å². The van der Waals surface area contributed by atoms with E-state index in [1.165, 1.54) is 180 Å². The molecule has 0 spiro atoms. The van der Waals surface area contributed by atoms with Crippen molar-refractivity contribution in [2.75, 3.05) is 13.1 Å². The minimum Gasteiger partial charge on any atom is -0.306 e. The monoisotopic (exact) mass is 805 g/mol. The number of amides is 2. The number of nitrogens with zero attached hydrogens (tertiary/aromatic N) is 2. The fraction of sp³-hybridized carbons (Fsp3) is 0.720. The predicted octanol–water partition coefficient (Wildman–Crippen LogP) is 16.1. The summed E-state index contributed by atoms with van der Waals surface area (Å²) in [7, 11) is 0. The van der Waals surface area contributed by atoms with E-state index in [0.717, 1.165) is 46.8 Å². The smallest absolute Gasteiger partial charge is 0.261 e. The molecule has 0 saturated carbocycles. The van der Waals surface area contributed by atoms with Crippen molar-refractivity contribution in [1.82, 2.24) is 9.80 Å². The fourth-order valence-corrected chi connectivity index (χ4v) is 10.4. The summed E-state index contributed by atoms with van der Waals surface area (Å²) in [5.74, 6) is 0.0474. The fourth-order valence-electron chi connectivity index (χ4n) is 8.80. The topological polar surface area (TPSA) is 40.6 Å². The first-order chi connectivity index (χ1) is 27.7. The lowest BCUT2D eigenvalue weighted by Crippen LogP contribution is -2.30. The molecule has 2 amide bonds. The van der Waals surface area contributed by atoms with Crippen LogP contribution in [0.2, 0.25) is 0 Å². The second kappa shape index (κ2) is 29.1. The first-order valence-corrected chi connectivity index (χ1v) is 25.6. The summed E-state index contributed by atoms with van der Waals surface area (Å²) in [5, 5.41) is 4.13. The summed E-state index contributed by atoms with van der Waals surface area (Å²) in [6, 6.07) is 8.25. The Hall–Kier alpha value is -2.18. The highest BCUT2D eigenvalue weighted by atomic mass is 32.1. The predicted molar refractivity (Wildman–Crippen MR) is 245 cm³/mol. The molecule has 0 fully saturated rings. The van der Waals surface area contributed by atoms with E-state index in [4.69, 9.17) is 0 Å². The molecule has 2 aromatic heterocycles. The van der Waals surface area contributed by atoms with Gasteiger partial charge >= 0.3 is 0 Å².